The van der Waals surface area contributed by atoms with Gasteiger partial charge in [0.25, 0.3) is 0 Å². The molecular weight excluding hydrogens is 351 g/mol. The molecule has 0 saturated carbocycles. The molecule has 0 saturated heterocycles. The van der Waals surface area contributed by atoms with Crippen LogP contribution in [0.25, 0.3) is 0 Å². The van der Waals surface area contributed by atoms with E-state index in [2.05, 4.69) is 5.32 Å². The molecule has 1 aliphatic heterocycles. The fourth-order valence-electron chi connectivity index (χ4n) is 2.75. The van der Waals surface area contributed by atoms with Gasteiger partial charge >= 0.3 is 0 Å². The van der Waals surface area contributed by atoms with E-state index >= 15 is 0 Å². The van der Waals surface area contributed by atoms with Crippen LogP contribution in [0.4, 0.5) is 5.69 Å². The molecular formula is C17H14Cl2N2O3. The van der Waals surface area contributed by atoms with E-state index in [-0.39, 0.29) is 17.2 Å². The molecule has 7 heteroatoms. The number of benzene rings is 2. The van der Waals surface area contributed by atoms with Crippen LogP contribution in [0.3, 0.4) is 0 Å². The van der Waals surface area contributed by atoms with Crippen LogP contribution in [-0.2, 0) is 10.3 Å². The van der Waals surface area contributed by atoms with E-state index in [0.717, 1.165) is 0 Å². The van der Waals surface area contributed by atoms with Crippen molar-refractivity contribution in [3.8, 4) is 5.75 Å². The van der Waals surface area contributed by atoms with Crippen LogP contribution in [0.15, 0.2) is 36.4 Å². The largest absolute Gasteiger partial charge is 0.497 e. The van der Waals surface area contributed by atoms with E-state index < -0.39 is 11.4 Å². The average Bonchev–Trinajstić information content (AvgIpc) is 2.83. The zero-order valence-corrected chi connectivity index (χ0v) is 14.2. The number of hydrogen-bond donors (Lipinski definition) is 2. The van der Waals surface area contributed by atoms with Gasteiger partial charge in [-0.05, 0) is 36.4 Å². The number of nitrogens with one attached hydrogen (secondary N) is 1. The summed E-state index contributed by atoms with van der Waals surface area (Å²) >= 11 is 12.3. The fourth-order valence-corrected chi connectivity index (χ4v) is 3.28. The summed E-state index contributed by atoms with van der Waals surface area (Å²) in [6.45, 7) is 0. The maximum absolute atomic E-state index is 12.6. The summed E-state index contributed by atoms with van der Waals surface area (Å²) in [5.74, 6) is -0.152. The third-order valence-electron chi connectivity index (χ3n) is 4.04. The van der Waals surface area contributed by atoms with Crippen molar-refractivity contribution in [2.24, 2.45) is 5.73 Å². The minimum Gasteiger partial charge on any atom is -0.497 e. The van der Waals surface area contributed by atoms with E-state index in [0.29, 0.717) is 27.6 Å². The third kappa shape index (κ3) is 2.65. The van der Waals surface area contributed by atoms with Gasteiger partial charge in [-0.1, -0.05) is 23.2 Å². The van der Waals surface area contributed by atoms with Crippen molar-refractivity contribution < 1.29 is 14.3 Å². The highest BCUT2D eigenvalue weighted by Gasteiger charge is 2.47. The molecule has 1 heterocycles. The fraction of sp³-hybridized carbons (Fsp3) is 0.176. The minimum absolute atomic E-state index is 0.224. The van der Waals surface area contributed by atoms with Gasteiger partial charge in [0.2, 0.25) is 5.91 Å². The highest BCUT2D eigenvalue weighted by atomic mass is 35.5. The number of ether oxygens (including phenoxy) is 1. The molecule has 1 atom stereocenters. The van der Waals surface area contributed by atoms with Gasteiger partial charge in [0, 0.05) is 22.6 Å². The molecule has 3 N–H and O–H groups in total. The summed E-state index contributed by atoms with van der Waals surface area (Å²) in [4.78, 5) is 25.0. The summed E-state index contributed by atoms with van der Waals surface area (Å²) < 4.78 is 5.06. The predicted octanol–water partition coefficient (Wildman–Crippen LogP) is 3.38. The van der Waals surface area contributed by atoms with Gasteiger partial charge in [-0.3, -0.25) is 9.59 Å². The van der Waals surface area contributed by atoms with Gasteiger partial charge < -0.3 is 15.8 Å². The number of Topliss-reactive ketones (excluding diaryl/α,β-unsaturated/α-hetero) is 1. The Morgan fingerprint density at radius 3 is 2.42 bits per heavy atom. The van der Waals surface area contributed by atoms with Crippen LogP contribution in [0.1, 0.15) is 22.3 Å². The van der Waals surface area contributed by atoms with E-state index in [1.165, 1.54) is 7.11 Å². The van der Waals surface area contributed by atoms with E-state index in [1.54, 1.807) is 36.4 Å². The normalized spacial score (nSPS) is 18.9. The van der Waals surface area contributed by atoms with Gasteiger partial charge in [0.1, 0.15) is 11.3 Å². The standard InChI is InChI=1S/C17H14Cl2N2O3/c1-24-10-4-2-9(3-5-10)13(22)8-17(20)14-11(18)6-7-12(19)15(14)21-16(17)23/h2-7H,8,20H2,1H3,(H,21,23). The Bertz CT molecular complexity index is 836. The minimum atomic E-state index is -1.56. The van der Waals surface area contributed by atoms with E-state index in [9.17, 15) is 9.59 Å². The Labute approximate surface area is 148 Å². The van der Waals surface area contributed by atoms with Crippen LogP contribution >= 0.6 is 23.2 Å². The molecule has 3 rings (SSSR count). The molecule has 124 valence electrons. The SMILES string of the molecule is COc1ccc(C(=O)CC2(N)C(=O)Nc3c(Cl)ccc(Cl)c32)cc1. The first-order chi connectivity index (χ1) is 11.4. The Hall–Kier alpha value is -2.08. The molecule has 5 nitrogen and oxygen atoms in total. The van der Waals surface area contributed by atoms with Crippen LogP contribution in [0.5, 0.6) is 5.75 Å². The number of halogens is 2. The summed E-state index contributed by atoms with van der Waals surface area (Å²) in [6.07, 6.45) is -0.224. The number of rotatable bonds is 4. The molecule has 24 heavy (non-hydrogen) atoms. The molecule has 0 aliphatic carbocycles. The first kappa shape index (κ1) is 16.8. The first-order valence-corrected chi connectivity index (χ1v) is 7.88. The number of fused-ring (bicyclic) bond motifs is 1. The van der Waals surface area contributed by atoms with Gasteiger partial charge in [0.05, 0.1) is 17.8 Å². The number of amides is 1. The van der Waals surface area contributed by atoms with Crippen LogP contribution in [-0.4, -0.2) is 18.8 Å². The molecule has 0 spiro atoms. The summed E-state index contributed by atoms with van der Waals surface area (Å²) in [5.41, 5.74) is 5.86. The monoisotopic (exact) mass is 364 g/mol. The van der Waals surface area contributed by atoms with E-state index in [4.69, 9.17) is 33.7 Å². The third-order valence-corrected chi connectivity index (χ3v) is 4.67. The second kappa shape index (κ2) is 6.09. The van der Waals surface area contributed by atoms with Crippen molar-refractivity contribution in [2.75, 3.05) is 12.4 Å². The molecule has 0 radical (unpaired) electrons. The molecule has 0 aromatic heterocycles. The van der Waals surface area contributed by atoms with Gasteiger partial charge in [-0.15, -0.1) is 0 Å². The number of methoxy groups -OCH3 is 1. The lowest BCUT2D eigenvalue weighted by molar-refractivity contribution is -0.120. The summed E-state index contributed by atoms with van der Waals surface area (Å²) in [6, 6.07) is 9.71. The van der Waals surface area contributed by atoms with Crippen molar-refractivity contribution >= 4 is 40.6 Å². The number of carbonyl (C=O) groups is 2. The zero-order valence-electron chi connectivity index (χ0n) is 12.7. The van der Waals surface area contributed by atoms with Crippen LogP contribution in [0, 0.1) is 0 Å². The van der Waals surface area contributed by atoms with Crippen LogP contribution < -0.4 is 15.8 Å². The average molecular weight is 365 g/mol. The highest BCUT2D eigenvalue weighted by Crippen LogP contribution is 2.45. The number of anilines is 1. The Balaban J connectivity index is 1.96. The second-order valence-corrected chi connectivity index (χ2v) is 6.35. The van der Waals surface area contributed by atoms with Crippen molar-refractivity contribution in [3.63, 3.8) is 0 Å². The summed E-state index contributed by atoms with van der Waals surface area (Å²) in [5, 5.41) is 3.24. The molecule has 2 aromatic carbocycles. The lowest BCUT2D eigenvalue weighted by atomic mass is 9.85. The number of ketones is 1. The number of nitrogens with two attached hydrogens (primary N) is 1. The van der Waals surface area contributed by atoms with Crippen molar-refractivity contribution in [1.29, 1.82) is 0 Å². The topological polar surface area (TPSA) is 81.4 Å². The Kier molecular flexibility index (Phi) is 4.25. The molecule has 0 fully saturated rings. The van der Waals surface area contributed by atoms with Gasteiger partial charge in [-0.2, -0.15) is 0 Å². The molecule has 2 aromatic rings. The van der Waals surface area contributed by atoms with Crippen molar-refractivity contribution in [3.05, 3.63) is 57.6 Å². The molecule has 0 bridgehead atoms. The molecule has 1 unspecified atom stereocenters. The smallest absolute Gasteiger partial charge is 0.249 e. The highest BCUT2D eigenvalue weighted by molar-refractivity contribution is 6.38. The van der Waals surface area contributed by atoms with Crippen LogP contribution in [0.2, 0.25) is 10.0 Å². The lowest BCUT2D eigenvalue weighted by Gasteiger charge is -2.22. The van der Waals surface area contributed by atoms with E-state index in [1.807, 2.05) is 0 Å². The maximum Gasteiger partial charge on any atom is 0.249 e. The quantitative estimate of drug-likeness (QED) is 0.814. The predicted molar refractivity (Wildman–Crippen MR) is 92.9 cm³/mol. The zero-order chi connectivity index (χ0) is 17.5. The number of hydrogen-bond acceptors (Lipinski definition) is 4. The number of carbonyl (C=O) groups excluding carboxylic acids is 2. The Morgan fingerprint density at radius 1 is 1.17 bits per heavy atom. The van der Waals surface area contributed by atoms with Crippen molar-refractivity contribution in [2.45, 2.75) is 12.0 Å². The maximum atomic E-state index is 12.6. The van der Waals surface area contributed by atoms with Gasteiger partial charge in [-0.25, -0.2) is 0 Å². The molecule has 1 aliphatic rings. The molecule has 1 amide bonds. The summed E-state index contributed by atoms with van der Waals surface area (Å²) in [7, 11) is 1.54. The van der Waals surface area contributed by atoms with Gasteiger partial charge in [0.15, 0.2) is 5.78 Å². The second-order valence-electron chi connectivity index (χ2n) is 5.53. The van der Waals surface area contributed by atoms with Crippen molar-refractivity contribution in [1.82, 2.24) is 0 Å². The first-order valence-electron chi connectivity index (χ1n) is 7.13. The lowest BCUT2D eigenvalue weighted by Crippen LogP contribution is -2.45. The Morgan fingerprint density at radius 2 is 1.79 bits per heavy atom.